The Kier molecular flexibility index (Phi) is 5.45. The molecule has 1 fully saturated rings. The highest BCUT2D eigenvalue weighted by molar-refractivity contribution is 7.22. The number of aldehydes is 1. The molecule has 0 atom stereocenters. The van der Waals surface area contributed by atoms with Crippen LogP contribution in [-0.4, -0.2) is 29.6 Å². The van der Waals surface area contributed by atoms with Gasteiger partial charge in [0, 0.05) is 34.8 Å². The maximum absolute atomic E-state index is 11.0. The van der Waals surface area contributed by atoms with Crippen molar-refractivity contribution in [2.24, 2.45) is 5.92 Å². The number of hydrogen-bond donors (Lipinski definition) is 2. The molecule has 0 aliphatic carbocycles. The highest BCUT2D eigenvalue weighted by Crippen LogP contribution is 2.47. The van der Waals surface area contributed by atoms with Crippen molar-refractivity contribution < 1.29 is 19.7 Å². The zero-order valence-corrected chi connectivity index (χ0v) is 18.2. The second kappa shape index (κ2) is 8.55. The van der Waals surface area contributed by atoms with Gasteiger partial charge < -0.3 is 24.6 Å². The number of fused-ring (bicyclic) bond motifs is 1. The second-order valence-corrected chi connectivity index (χ2v) is 9.10. The van der Waals surface area contributed by atoms with Crippen LogP contribution in [0.15, 0.2) is 66.7 Å². The highest BCUT2D eigenvalue weighted by Gasteiger charge is 2.20. The van der Waals surface area contributed by atoms with Gasteiger partial charge in [-0.1, -0.05) is 0 Å². The van der Waals surface area contributed by atoms with Gasteiger partial charge in [0.1, 0.15) is 23.5 Å². The van der Waals surface area contributed by atoms with Crippen LogP contribution in [0.2, 0.25) is 0 Å². The number of anilines is 1. The lowest BCUT2D eigenvalue weighted by molar-refractivity contribution is -0.111. The number of thiophene rings is 1. The fourth-order valence-corrected chi connectivity index (χ4v) is 5.27. The van der Waals surface area contributed by atoms with E-state index in [1.54, 1.807) is 35.6 Å². The molecule has 0 amide bonds. The topological polar surface area (TPSA) is 70.0 Å². The molecule has 2 heterocycles. The summed E-state index contributed by atoms with van der Waals surface area (Å²) >= 11 is 1.54. The van der Waals surface area contributed by atoms with E-state index in [0.717, 1.165) is 69.9 Å². The van der Waals surface area contributed by atoms with E-state index in [2.05, 4.69) is 17.0 Å². The Morgan fingerprint density at radius 2 is 1.59 bits per heavy atom. The van der Waals surface area contributed by atoms with Crippen LogP contribution in [0.5, 0.6) is 23.0 Å². The lowest BCUT2D eigenvalue weighted by Gasteiger charge is -2.31. The summed E-state index contributed by atoms with van der Waals surface area (Å²) in [5, 5.41) is 20.5. The van der Waals surface area contributed by atoms with Crippen molar-refractivity contribution in [1.82, 2.24) is 0 Å². The largest absolute Gasteiger partial charge is 0.508 e. The van der Waals surface area contributed by atoms with Crippen molar-refractivity contribution >= 4 is 33.4 Å². The van der Waals surface area contributed by atoms with Gasteiger partial charge in [-0.2, -0.15) is 0 Å². The molecule has 0 spiro atoms. The van der Waals surface area contributed by atoms with E-state index in [-0.39, 0.29) is 17.4 Å². The van der Waals surface area contributed by atoms with E-state index in [0.29, 0.717) is 0 Å². The molecule has 5 nitrogen and oxygen atoms in total. The summed E-state index contributed by atoms with van der Waals surface area (Å²) in [6.07, 6.45) is 2.86. The van der Waals surface area contributed by atoms with Crippen LogP contribution in [-0.2, 0) is 4.79 Å². The minimum absolute atomic E-state index is 0.179. The number of phenols is 2. The van der Waals surface area contributed by atoms with Gasteiger partial charge in [-0.3, -0.25) is 0 Å². The number of nitrogens with zero attached hydrogens (tertiary/aromatic N) is 1. The SMILES string of the molecule is O=CC1CCN(c2ccc(Oc3c(-c4ccc(O)cc4)sc4cc(O)ccc34)cc2)CC1. The monoisotopic (exact) mass is 445 g/mol. The fraction of sp³-hybridized carbons (Fsp3) is 0.192. The summed E-state index contributed by atoms with van der Waals surface area (Å²) in [5.74, 6) is 2.06. The molecule has 0 unspecified atom stereocenters. The molecule has 1 aliphatic rings. The molecule has 32 heavy (non-hydrogen) atoms. The first-order valence-electron chi connectivity index (χ1n) is 10.6. The van der Waals surface area contributed by atoms with Gasteiger partial charge in [0.15, 0.2) is 5.75 Å². The molecule has 1 aliphatic heterocycles. The average molecular weight is 446 g/mol. The molecule has 1 saturated heterocycles. The Hall–Kier alpha value is -3.51. The molecule has 162 valence electrons. The van der Waals surface area contributed by atoms with E-state index in [4.69, 9.17) is 4.74 Å². The summed E-state index contributed by atoms with van der Waals surface area (Å²) in [6, 6.07) is 20.3. The van der Waals surface area contributed by atoms with Gasteiger partial charge in [-0.15, -0.1) is 11.3 Å². The lowest BCUT2D eigenvalue weighted by Crippen LogP contribution is -2.33. The van der Waals surface area contributed by atoms with E-state index in [9.17, 15) is 15.0 Å². The number of ether oxygens (including phenoxy) is 1. The first-order chi connectivity index (χ1) is 15.6. The Morgan fingerprint density at radius 3 is 2.28 bits per heavy atom. The van der Waals surface area contributed by atoms with E-state index in [1.807, 2.05) is 30.3 Å². The summed E-state index contributed by atoms with van der Waals surface area (Å²) in [4.78, 5) is 14.2. The van der Waals surface area contributed by atoms with Crippen LogP contribution >= 0.6 is 11.3 Å². The molecule has 3 aromatic carbocycles. The normalized spacial score (nSPS) is 14.6. The van der Waals surface area contributed by atoms with Crippen LogP contribution in [0.25, 0.3) is 20.5 Å². The molecule has 0 radical (unpaired) electrons. The number of hydrogen-bond acceptors (Lipinski definition) is 6. The third-order valence-electron chi connectivity index (χ3n) is 5.91. The number of carbonyl (C=O) groups is 1. The maximum atomic E-state index is 11.0. The Bertz CT molecular complexity index is 1240. The number of rotatable bonds is 5. The van der Waals surface area contributed by atoms with Gasteiger partial charge in [-0.05, 0) is 85.1 Å². The van der Waals surface area contributed by atoms with Crippen LogP contribution in [0.1, 0.15) is 12.8 Å². The molecule has 1 aromatic heterocycles. The summed E-state index contributed by atoms with van der Waals surface area (Å²) in [5.41, 5.74) is 2.06. The first-order valence-corrected chi connectivity index (χ1v) is 11.5. The van der Waals surface area contributed by atoms with Gasteiger partial charge in [0.25, 0.3) is 0 Å². The van der Waals surface area contributed by atoms with Crippen molar-refractivity contribution in [3.63, 3.8) is 0 Å². The molecule has 6 heteroatoms. The predicted molar refractivity (Wildman–Crippen MR) is 128 cm³/mol. The number of piperidine rings is 1. The number of aromatic hydroxyl groups is 2. The smallest absolute Gasteiger partial charge is 0.153 e. The van der Waals surface area contributed by atoms with E-state index < -0.39 is 0 Å². The molecule has 2 N–H and O–H groups in total. The van der Waals surface area contributed by atoms with Crippen LogP contribution in [0.4, 0.5) is 5.69 Å². The van der Waals surface area contributed by atoms with E-state index >= 15 is 0 Å². The van der Waals surface area contributed by atoms with Crippen molar-refractivity contribution in [1.29, 1.82) is 0 Å². The second-order valence-electron chi connectivity index (χ2n) is 8.04. The van der Waals surface area contributed by atoms with Gasteiger partial charge in [0.2, 0.25) is 0 Å². The quantitative estimate of drug-likeness (QED) is 0.359. The fourth-order valence-electron chi connectivity index (χ4n) is 4.10. The average Bonchev–Trinajstić information content (AvgIpc) is 3.17. The van der Waals surface area contributed by atoms with Gasteiger partial charge >= 0.3 is 0 Å². The van der Waals surface area contributed by atoms with Crippen LogP contribution in [0, 0.1) is 5.92 Å². The van der Waals surface area contributed by atoms with Crippen LogP contribution < -0.4 is 9.64 Å². The standard InChI is InChI=1S/C26H23NO4S/c28-16-17-11-13-27(14-12-17)19-3-8-22(9-4-19)31-25-23-10-7-21(30)15-24(23)32-26(25)18-1-5-20(29)6-2-18/h1-10,15-17,29-30H,11-14H2. The molecule has 0 saturated carbocycles. The molecule has 0 bridgehead atoms. The highest BCUT2D eigenvalue weighted by atomic mass is 32.1. The Morgan fingerprint density at radius 1 is 0.906 bits per heavy atom. The molecule has 5 rings (SSSR count). The summed E-state index contributed by atoms with van der Waals surface area (Å²) < 4.78 is 7.29. The Balaban J connectivity index is 1.45. The Labute approximate surface area is 190 Å². The number of carbonyl (C=O) groups excluding carboxylic acids is 1. The van der Waals surface area contributed by atoms with Crippen molar-refractivity contribution in [3.05, 3.63) is 66.7 Å². The first kappa shape index (κ1) is 20.4. The number of benzene rings is 3. The summed E-state index contributed by atoms with van der Waals surface area (Å²) in [7, 11) is 0. The predicted octanol–water partition coefficient (Wildman–Crippen LogP) is 6.19. The number of phenolic OH excluding ortho intramolecular Hbond substituents is 2. The lowest BCUT2D eigenvalue weighted by atomic mass is 9.98. The zero-order valence-electron chi connectivity index (χ0n) is 17.4. The van der Waals surface area contributed by atoms with Crippen molar-refractivity contribution in [2.45, 2.75) is 12.8 Å². The van der Waals surface area contributed by atoms with Crippen molar-refractivity contribution in [3.8, 4) is 33.4 Å². The third-order valence-corrected chi connectivity index (χ3v) is 7.09. The minimum Gasteiger partial charge on any atom is -0.508 e. The van der Waals surface area contributed by atoms with Crippen molar-refractivity contribution in [2.75, 3.05) is 18.0 Å². The molecular weight excluding hydrogens is 422 g/mol. The zero-order chi connectivity index (χ0) is 22.1. The summed E-state index contributed by atoms with van der Waals surface area (Å²) in [6.45, 7) is 1.76. The van der Waals surface area contributed by atoms with E-state index in [1.165, 1.54) is 0 Å². The molecular formula is C26H23NO4S. The maximum Gasteiger partial charge on any atom is 0.153 e. The van der Waals surface area contributed by atoms with Gasteiger partial charge in [0.05, 0.1) is 4.88 Å². The molecule has 4 aromatic rings. The van der Waals surface area contributed by atoms with Crippen LogP contribution in [0.3, 0.4) is 0 Å². The minimum atomic E-state index is 0.179. The third kappa shape index (κ3) is 4.01. The van der Waals surface area contributed by atoms with Gasteiger partial charge in [-0.25, -0.2) is 0 Å².